The molecule has 0 bridgehead atoms. The topological polar surface area (TPSA) is 52.7 Å². The van der Waals surface area contributed by atoms with Crippen LogP contribution in [0.15, 0.2) is 0 Å². The Labute approximate surface area is 96.8 Å². The van der Waals surface area contributed by atoms with E-state index < -0.39 is 0 Å². The van der Waals surface area contributed by atoms with Gasteiger partial charge in [0.2, 0.25) is 11.8 Å². The normalized spacial score (nSPS) is 14.7. The maximum Gasteiger partial charge on any atom is 0.241 e. The number of hydrogen-bond acceptors (Lipinski definition) is 3. The minimum atomic E-state index is -0.0574. The monoisotopic (exact) mass is 227 g/mol. The summed E-state index contributed by atoms with van der Waals surface area (Å²) in [6.45, 7) is 1.39. The van der Waals surface area contributed by atoms with Crippen LogP contribution in [0.1, 0.15) is 12.8 Å². The SMILES string of the molecule is CN(C)C(=O)CN(C)C(=O)CNCC1CC1. The van der Waals surface area contributed by atoms with Crippen LogP contribution in [-0.2, 0) is 9.59 Å². The fourth-order valence-corrected chi connectivity index (χ4v) is 1.27. The number of amides is 2. The van der Waals surface area contributed by atoms with Gasteiger partial charge in [0.25, 0.3) is 0 Å². The summed E-state index contributed by atoms with van der Waals surface area (Å²) in [6, 6.07) is 0. The highest BCUT2D eigenvalue weighted by Gasteiger charge is 2.21. The van der Waals surface area contributed by atoms with Gasteiger partial charge in [-0.15, -0.1) is 0 Å². The minimum Gasteiger partial charge on any atom is -0.347 e. The van der Waals surface area contributed by atoms with Crippen LogP contribution in [0.2, 0.25) is 0 Å². The van der Waals surface area contributed by atoms with E-state index in [2.05, 4.69) is 5.32 Å². The Morgan fingerprint density at radius 2 is 1.81 bits per heavy atom. The summed E-state index contributed by atoms with van der Waals surface area (Å²) in [6.07, 6.45) is 2.55. The highest BCUT2D eigenvalue weighted by atomic mass is 16.2. The smallest absolute Gasteiger partial charge is 0.241 e. The zero-order valence-corrected chi connectivity index (χ0v) is 10.3. The predicted molar refractivity (Wildman–Crippen MR) is 61.9 cm³/mol. The van der Waals surface area contributed by atoms with E-state index in [4.69, 9.17) is 0 Å². The van der Waals surface area contributed by atoms with E-state index >= 15 is 0 Å². The van der Waals surface area contributed by atoms with Crippen LogP contribution in [0, 0.1) is 5.92 Å². The van der Waals surface area contributed by atoms with Gasteiger partial charge in [-0.1, -0.05) is 0 Å². The summed E-state index contributed by atoms with van der Waals surface area (Å²) < 4.78 is 0. The van der Waals surface area contributed by atoms with Crippen molar-refractivity contribution in [1.29, 1.82) is 0 Å². The Hall–Kier alpha value is -1.10. The van der Waals surface area contributed by atoms with Crippen molar-refractivity contribution in [1.82, 2.24) is 15.1 Å². The van der Waals surface area contributed by atoms with Crippen molar-refractivity contribution < 1.29 is 9.59 Å². The summed E-state index contributed by atoms with van der Waals surface area (Å²) in [5.74, 6) is 0.676. The van der Waals surface area contributed by atoms with Gasteiger partial charge in [-0.3, -0.25) is 9.59 Å². The minimum absolute atomic E-state index is 0.0316. The molecule has 1 rings (SSSR count). The van der Waals surface area contributed by atoms with Gasteiger partial charge in [0.1, 0.15) is 0 Å². The van der Waals surface area contributed by atoms with Gasteiger partial charge in [-0.2, -0.15) is 0 Å². The van der Waals surface area contributed by atoms with Crippen molar-refractivity contribution in [3.63, 3.8) is 0 Å². The maximum atomic E-state index is 11.6. The molecule has 0 aromatic heterocycles. The molecular weight excluding hydrogens is 206 g/mol. The second kappa shape index (κ2) is 5.84. The fourth-order valence-electron chi connectivity index (χ4n) is 1.27. The van der Waals surface area contributed by atoms with Gasteiger partial charge in [0.05, 0.1) is 13.1 Å². The van der Waals surface area contributed by atoms with Crippen LogP contribution >= 0.6 is 0 Å². The first kappa shape index (κ1) is 13.0. The number of carbonyl (C=O) groups excluding carboxylic acids is 2. The highest BCUT2D eigenvalue weighted by molar-refractivity contribution is 5.85. The number of carbonyl (C=O) groups is 2. The fraction of sp³-hybridized carbons (Fsp3) is 0.818. The maximum absolute atomic E-state index is 11.6. The molecule has 1 aliphatic carbocycles. The average Bonchev–Trinajstić information content (AvgIpc) is 3.01. The van der Waals surface area contributed by atoms with E-state index in [0.29, 0.717) is 6.54 Å². The van der Waals surface area contributed by atoms with Gasteiger partial charge in [0.15, 0.2) is 0 Å². The van der Waals surface area contributed by atoms with Crippen LogP contribution in [0.25, 0.3) is 0 Å². The molecule has 2 amide bonds. The van der Waals surface area contributed by atoms with Gasteiger partial charge >= 0.3 is 0 Å². The molecule has 0 saturated heterocycles. The molecule has 1 aliphatic rings. The first-order valence-electron chi connectivity index (χ1n) is 5.65. The third-order valence-electron chi connectivity index (χ3n) is 2.70. The average molecular weight is 227 g/mol. The standard InChI is InChI=1S/C11H21N3O2/c1-13(2)11(16)8-14(3)10(15)7-12-6-9-4-5-9/h9,12H,4-8H2,1-3H3. The molecule has 0 radical (unpaired) electrons. The van der Waals surface area contributed by atoms with Crippen LogP contribution < -0.4 is 5.32 Å². The summed E-state index contributed by atoms with van der Waals surface area (Å²) in [5.41, 5.74) is 0. The van der Waals surface area contributed by atoms with Gasteiger partial charge in [-0.25, -0.2) is 0 Å². The quantitative estimate of drug-likeness (QED) is 0.667. The molecule has 1 fully saturated rings. The van der Waals surface area contributed by atoms with Crippen molar-refractivity contribution in [3.8, 4) is 0 Å². The molecule has 16 heavy (non-hydrogen) atoms. The van der Waals surface area contributed by atoms with Crippen LogP contribution in [-0.4, -0.2) is 62.4 Å². The van der Waals surface area contributed by atoms with Crippen molar-refractivity contribution in [2.75, 3.05) is 40.8 Å². The van der Waals surface area contributed by atoms with Gasteiger partial charge in [-0.05, 0) is 25.3 Å². The number of nitrogens with zero attached hydrogens (tertiary/aromatic N) is 2. The summed E-state index contributed by atoms with van der Waals surface area (Å²) in [5, 5.41) is 3.11. The summed E-state index contributed by atoms with van der Waals surface area (Å²) >= 11 is 0. The lowest BCUT2D eigenvalue weighted by Crippen LogP contribution is -2.41. The highest BCUT2D eigenvalue weighted by Crippen LogP contribution is 2.27. The Kier molecular flexibility index (Phi) is 4.73. The summed E-state index contributed by atoms with van der Waals surface area (Å²) in [4.78, 5) is 25.9. The first-order chi connectivity index (χ1) is 7.50. The Morgan fingerprint density at radius 1 is 1.19 bits per heavy atom. The lowest BCUT2D eigenvalue weighted by molar-refractivity contribution is -0.137. The molecule has 0 unspecified atom stereocenters. The number of likely N-dealkylation sites (N-methyl/N-ethyl adjacent to an activating group) is 2. The second-order valence-corrected chi connectivity index (χ2v) is 4.61. The lowest BCUT2D eigenvalue weighted by atomic mass is 10.4. The molecule has 1 N–H and O–H groups in total. The van der Waals surface area contributed by atoms with Crippen molar-refractivity contribution in [2.24, 2.45) is 5.92 Å². The molecule has 92 valence electrons. The lowest BCUT2D eigenvalue weighted by Gasteiger charge is -2.19. The first-order valence-corrected chi connectivity index (χ1v) is 5.65. The van der Waals surface area contributed by atoms with E-state index in [1.807, 2.05) is 0 Å². The predicted octanol–water partition coefficient (Wildman–Crippen LogP) is -0.467. The van der Waals surface area contributed by atoms with Crippen LogP contribution in [0.5, 0.6) is 0 Å². The molecule has 0 aliphatic heterocycles. The number of rotatable bonds is 6. The molecule has 0 aromatic rings. The largest absolute Gasteiger partial charge is 0.347 e. The van der Waals surface area contributed by atoms with Crippen LogP contribution in [0.4, 0.5) is 0 Å². The molecular formula is C11H21N3O2. The van der Waals surface area contributed by atoms with Gasteiger partial charge < -0.3 is 15.1 Å². The summed E-state index contributed by atoms with van der Waals surface area (Å²) in [7, 11) is 5.03. The second-order valence-electron chi connectivity index (χ2n) is 4.61. The number of nitrogens with one attached hydrogen (secondary N) is 1. The van der Waals surface area contributed by atoms with Crippen molar-refractivity contribution >= 4 is 11.8 Å². The Bertz CT molecular complexity index is 262. The molecule has 1 saturated carbocycles. The number of hydrogen-bond donors (Lipinski definition) is 1. The third-order valence-corrected chi connectivity index (χ3v) is 2.70. The molecule has 5 nitrogen and oxygen atoms in total. The zero-order valence-electron chi connectivity index (χ0n) is 10.3. The van der Waals surface area contributed by atoms with Gasteiger partial charge in [0, 0.05) is 21.1 Å². The third kappa shape index (κ3) is 4.61. The Morgan fingerprint density at radius 3 is 2.31 bits per heavy atom. The molecule has 0 spiro atoms. The van der Waals surface area contributed by atoms with E-state index in [1.165, 1.54) is 22.6 Å². The zero-order chi connectivity index (χ0) is 12.1. The van der Waals surface area contributed by atoms with E-state index in [-0.39, 0.29) is 18.4 Å². The molecule has 0 aromatic carbocycles. The van der Waals surface area contributed by atoms with Crippen molar-refractivity contribution in [2.45, 2.75) is 12.8 Å². The molecule has 0 heterocycles. The molecule has 5 heteroatoms. The van der Waals surface area contributed by atoms with Crippen molar-refractivity contribution in [3.05, 3.63) is 0 Å². The molecule has 0 atom stereocenters. The van der Waals surface area contributed by atoms with Crippen LogP contribution in [0.3, 0.4) is 0 Å². The van der Waals surface area contributed by atoms with E-state index in [9.17, 15) is 9.59 Å². The van der Waals surface area contributed by atoms with E-state index in [1.54, 1.807) is 21.1 Å². The van der Waals surface area contributed by atoms with E-state index in [0.717, 1.165) is 12.5 Å². The Balaban J connectivity index is 2.15.